The van der Waals surface area contributed by atoms with Crippen LogP contribution >= 0.6 is 22.9 Å². The molecule has 8 heteroatoms. The summed E-state index contributed by atoms with van der Waals surface area (Å²) in [5, 5.41) is 13.2. The summed E-state index contributed by atoms with van der Waals surface area (Å²) in [6, 6.07) is 10.9. The van der Waals surface area contributed by atoms with Gasteiger partial charge in [0.05, 0.1) is 27.7 Å². The third-order valence-corrected chi connectivity index (χ3v) is 4.62. The Balaban J connectivity index is 2.17. The van der Waals surface area contributed by atoms with Gasteiger partial charge in [-0.25, -0.2) is 9.48 Å². The molecular weight excluding hydrogens is 352 g/mol. The molecule has 1 aromatic carbocycles. The van der Waals surface area contributed by atoms with Crippen LogP contribution in [0.4, 0.5) is 4.79 Å². The van der Waals surface area contributed by atoms with Crippen molar-refractivity contribution in [2.75, 3.05) is 7.11 Å². The lowest BCUT2D eigenvalue weighted by Gasteiger charge is -2.07. The first-order valence-corrected chi connectivity index (χ1v) is 8.09. The fraction of sp³-hybridized carbons (Fsp3) is 0.125. The highest BCUT2D eigenvalue weighted by Gasteiger charge is 2.21. The smallest absolute Gasteiger partial charge is 0.497 e. The molecule has 0 fully saturated rings. The van der Waals surface area contributed by atoms with E-state index in [1.807, 2.05) is 18.2 Å². The Bertz CT molecular complexity index is 886. The molecule has 2 heterocycles. The number of rotatable bonds is 4. The monoisotopic (exact) mass is 364 g/mol. The van der Waals surface area contributed by atoms with E-state index in [-0.39, 0.29) is 5.88 Å². The maximum atomic E-state index is 10.9. The lowest BCUT2D eigenvalue weighted by Crippen LogP contribution is -2.05. The summed E-state index contributed by atoms with van der Waals surface area (Å²) in [5.41, 5.74) is 2.10. The number of hydrogen-bond acceptors (Lipinski definition) is 5. The SMILES string of the molecule is COc1ccc(-n2nc(OC(=O)O)c(C)c2-c2ccc(Cl)s2)cc1. The molecule has 0 saturated heterocycles. The van der Waals surface area contributed by atoms with E-state index >= 15 is 0 Å². The van der Waals surface area contributed by atoms with Crippen LogP contribution in [-0.4, -0.2) is 28.2 Å². The summed E-state index contributed by atoms with van der Waals surface area (Å²) in [6.45, 7) is 1.76. The Morgan fingerprint density at radius 2 is 1.96 bits per heavy atom. The third-order valence-electron chi connectivity index (χ3n) is 3.39. The van der Waals surface area contributed by atoms with Crippen molar-refractivity contribution in [1.29, 1.82) is 0 Å². The van der Waals surface area contributed by atoms with Crippen LogP contribution in [0, 0.1) is 6.92 Å². The van der Waals surface area contributed by atoms with Gasteiger partial charge in [0, 0.05) is 5.56 Å². The average molecular weight is 365 g/mol. The topological polar surface area (TPSA) is 73.6 Å². The van der Waals surface area contributed by atoms with Gasteiger partial charge in [0.25, 0.3) is 0 Å². The minimum absolute atomic E-state index is 0.0397. The number of carbonyl (C=O) groups is 1. The van der Waals surface area contributed by atoms with E-state index in [0.29, 0.717) is 15.6 Å². The maximum Gasteiger partial charge on any atom is 0.512 e. The number of nitrogens with zero attached hydrogens (tertiary/aromatic N) is 2. The standard InChI is InChI=1S/C16H13ClN2O4S/c1-9-14(12-7-8-13(17)24-12)19(18-15(9)23-16(20)21)10-3-5-11(22-2)6-4-10/h3-8H,1-2H3,(H,20,21). The van der Waals surface area contributed by atoms with Gasteiger partial charge in [0.15, 0.2) is 0 Å². The molecule has 2 aromatic heterocycles. The van der Waals surface area contributed by atoms with Gasteiger partial charge in [-0.15, -0.1) is 16.4 Å². The highest BCUT2D eigenvalue weighted by molar-refractivity contribution is 7.19. The van der Waals surface area contributed by atoms with Crippen LogP contribution in [0.25, 0.3) is 16.3 Å². The fourth-order valence-electron chi connectivity index (χ4n) is 2.30. The summed E-state index contributed by atoms with van der Waals surface area (Å²) in [6.07, 6.45) is -1.41. The van der Waals surface area contributed by atoms with E-state index in [9.17, 15) is 4.79 Å². The first-order valence-electron chi connectivity index (χ1n) is 6.90. The number of methoxy groups -OCH3 is 1. The molecule has 0 radical (unpaired) electrons. The molecule has 0 amide bonds. The van der Waals surface area contributed by atoms with Gasteiger partial charge in [-0.3, -0.25) is 0 Å². The third kappa shape index (κ3) is 3.08. The van der Waals surface area contributed by atoms with E-state index in [0.717, 1.165) is 16.3 Å². The van der Waals surface area contributed by atoms with Crippen molar-refractivity contribution in [3.63, 3.8) is 0 Å². The van der Waals surface area contributed by atoms with Crippen LogP contribution in [0.5, 0.6) is 11.6 Å². The summed E-state index contributed by atoms with van der Waals surface area (Å²) >= 11 is 7.42. The Labute approximate surface area is 146 Å². The van der Waals surface area contributed by atoms with Crippen LogP contribution in [0.1, 0.15) is 5.56 Å². The lowest BCUT2D eigenvalue weighted by atomic mass is 10.2. The van der Waals surface area contributed by atoms with Crippen molar-refractivity contribution in [1.82, 2.24) is 9.78 Å². The average Bonchev–Trinajstić information content (AvgIpc) is 3.11. The molecule has 0 spiro atoms. The molecule has 6 nitrogen and oxygen atoms in total. The number of carboxylic acid groups (broad SMARTS) is 1. The second-order valence-electron chi connectivity index (χ2n) is 4.86. The Morgan fingerprint density at radius 3 is 2.50 bits per heavy atom. The zero-order chi connectivity index (χ0) is 17.3. The minimum atomic E-state index is -1.41. The van der Waals surface area contributed by atoms with Crippen molar-refractivity contribution < 1.29 is 19.4 Å². The Morgan fingerprint density at radius 1 is 1.25 bits per heavy atom. The second-order valence-corrected chi connectivity index (χ2v) is 6.58. The van der Waals surface area contributed by atoms with Gasteiger partial charge in [-0.1, -0.05) is 11.6 Å². The van der Waals surface area contributed by atoms with Crippen molar-refractivity contribution in [2.24, 2.45) is 0 Å². The largest absolute Gasteiger partial charge is 0.512 e. The fourth-order valence-corrected chi connectivity index (χ4v) is 3.43. The second kappa shape index (κ2) is 6.54. The van der Waals surface area contributed by atoms with Crippen molar-refractivity contribution in [3.8, 4) is 27.9 Å². The van der Waals surface area contributed by atoms with E-state index in [4.69, 9.17) is 26.2 Å². The van der Waals surface area contributed by atoms with Gasteiger partial charge in [0.2, 0.25) is 5.88 Å². The quantitative estimate of drug-likeness (QED) is 0.683. The molecule has 3 aromatic rings. The molecule has 0 unspecified atom stereocenters. The molecule has 0 aliphatic heterocycles. The maximum absolute atomic E-state index is 10.9. The summed E-state index contributed by atoms with van der Waals surface area (Å²) < 4.78 is 12.2. The Hall–Kier alpha value is -2.51. The first-order chi connectivity index (χ1) is 11.5. The van der Waals surface area contributed by atoms with Gasteiger partial charge in [-0.2, -0.15) is 0 Å². The van der Waals surface area contributed by atoms with Crippen molar-refractivity contribution in [2.45, 2.75) is 6.92 Å². The number of hydrogen-bond donors (Lipinski definition) is 1. The van der Waals surface area contributed by atoms with Gasteiger partial charge >= 0.3 is 6.16 Å². The lowest BCUT2D eigenvalue weighted by molar-refractivity contribution is 0.142. The van der Waals surface area contributed by atoms with E-state index in [1.54, 1.807) is 36.9 Å². The molecule has 0 saturated carbocycles. The van der Waals surface area contributed by atoms with E-state index < -0.39 is 6.16 Å². The van der Waals surface area contributed by atoms with Crippen LogP contribution in [0.3, 0.4) is 0 Å². The van der Waals surface area contributed by atoms with Gasteiger partial charge in [-0.05, 0) is 43.3 Å². The zero-order valence-corrected chi connectivity index (χ0v) is 14.4. The molecule has 3 rings (SSSR count). The zero-order valence-electron chi connectivity index (χ0n) is 12.8. The molecule has 0 aliphatic carbocycles. The number of aromatic nitrogens is 2. The molecule has 24 heavy (non-hydrogen) atoms. The normalized spacial score (nSPS) is 10.6. The van der Waals surface area contributed by atoms with Gasteiger partial charge < -0.3 is 14.6 Å². The minimum Gasteiger partial charge on any atom is -0.497 e. The summed E-state index contributed by atoms with van der Waals surface area (Å²) in [4.78, 5) is 11.8. The van der Waals surface area contributed by atoms with Crippen LogP contribution in [0.15, 0.2) is 36.4 Å². The molecule has 1 N–H and O–H groups in total. The number of thiophene rings is 1. The number of benzene rings is 1. The summed E-state index contributed by atoms with van der Waals surface area (Å²) in [7, 11) is 1.59. The molecule has 0 bridgehead atoms. The number of halogens is 1. The number of ether oxygens (including phenoxy) is 2. The highest BCUT2D eigenvalue weighted by atomic mass is 35.5. The van der Waals surface area contributed by atoms with Crippen LogP contribution < -0.4 is 9.47 Å². The van der Waals surface area contributed by atoms with Crippen LogP contribution in [-0.2, 0) is 0 Å². The van der Waals surface area contributed by atoms with Gasteiger partial charge in [0.1, 0.15) is 5.75 Å². The highest BCUT2D eigenvalue weighted by Crippen LogP contribution is 2.37. The predicted octanol–water partition coefficient (Wildman–Crippen LogP) is 4.63. The molecule has 124 valence electrons. The summed E-state index contributed by atoms with van der Waals surface area (Å²) in [5.74, 6) is 0.753. The van der Waals surface area contributed by atoms with Crippen LogP contribution in [0.2, 0.25) is 4.34 Å². The molecule has 0 atom stereocenters. The Kier molecular flexibility index (Phi) is 4.46. The first kappa shape index (κ1) is 16.4. The van der Waals surface area contributed by atoms with E-state index in [2.05, 4.69) is 5.10 Å². The molecular formula is C16H13ClN2O4S. The van der Waals surface area contributed by atoms with Crippen molar-refractivity contribution in [3.05, 3.63) is 46.3 Å². The molecule has 0 aliphatic rings. The van der Waals surface area contributed by atoms with E-state index in [1.165, 1.54) is 11.3 Å². The van der Waals surface area contributed by atoms with Crippen molar-refractivity contribution >= 4 is 29.1 Å². The predicted molar refractivity (Wildman–Crippen MR) is 91.8 cm³/mol.